The molecule has 0 aliphatic carbocycles. The Labute approximate surface area is 128 Å². The Balaban J connectivity index is 1.86. The maximum absolute atomic E-state index is 12.5. The first-order chi connectivity index (χ1) is 9.75. The van der Waals surface area contributed by atoms with Gasteiger partial charge < -0.3 is 10.5 Å². The van der Waals surface area contributed by atoms with E-state index in [-0.39, 0.29) is 21.8 Å². The number of nitrogens with two attached hydrogens (primary N) is 1. The van der Waals surface area contributed by atoms with Crippen LogP contribution in [0.5, 0.6) is 0 Å². The topological polar surface area (TPSA) is 82.3 Å². The molecule has 7 heteroatoms. The molecule has 0 radical (unpaired) electrons. The van der Waals surface area contributed by atoms with Crippen molar-refractivity contribution >= 4 is 37.1 Å². The van der Waals surface area contributed by atoms with Crippen molar-refractivity contribution in [3.63, 3.8) is 0 Å². The summed E-state index contributed by atoms with van der Waals surface area (Å²) in [6, 6.07) is 5.22. The summed E-state index contributed by atoms with van der Waals surface area (Å²) in [6.45, 7) is 3.97. The predicted octanol–water partition coefficient (Wildman–Crippen LogP) is 2.61. The summed E-state index contributed by atoms with van der Waals surface area (Å²) in [6.07, 6.45) is 1.40. The van der Waals surface area contributed by atoms with Gasteiger partial charge in [-0.05, 0) is 44.9 Å². The van der Waals surface area contributed by atoms with Gasteiger partial charge in [0.25, 0.3) is 0 Å². The van der Waals surface area contributed by atoms with E-state index in [1.165, 1.54) is 11.3 Å². The Hall–Kier alpha value is -1.18. The monoisotopic (exact) mass is 326 g/mol. The van der Waals surface area contributed by atoms with Crippen LogP contribution in [0.3, 0.4) is 0 Å². The summed E-state index contributed by atoms with van der Waals surface area (Å²) in [4.78, 5) is 4.22. The first-order valence-corrected chi connectivity index (χ1v) is 9.29. The highest BCUT2D eigenvalue weighted by molar-refractivity contribution is 7.93. The molecule has 1 saturated heterocycles. The molecule has 114 valence electrons. The van der Waals surface area contributed by atoms with Crippen molar-refractivity contribution in [3.05, 3.63) is 18.2 Å². The summed E-state index contributed by atoms with van der Waals surface area (Å²) < 4.78 is 31.7. The fourth-order valence-corrected chi connectivity index (χ4v) is 5.39. The zero-order valence-electron chi connectivity index (χ0n) is 12.0. The van der Waals surface area contributed by atoms with Gasteiger partial charge in [-0.25, -0.2) is 13.4 Å². The third kappa shape index (κ3) is 3.04. The average molecular weight is 326 g/mol. The van der Waals surface area contributed by atoms with Crippen molar-refractivity contribution in [3.8, 4) is 0 Å². The highest BCUT2D eigenvalue weighted by Crippen LogP contribution is 2.33. The van der Waals surface area contributed by atoms with Crippen molar-refractivity contribution in [2.24, 2.45) is 0 Å². The molecule has 3 rings (SSSR count). The number of rotatable bonds is 3. The molecule has 1 aromatic carbocycles. The third-order valence-corrected chi connectivity index (χ3v) is 6.88. The second kappa shape index (κ2) is 4.93. The normalized spacial score (nSPS) is 21.9. The summed E-state index contributed by atoms with van der Waals surface area (Å²) >= 11 is 1.17. The molecule has 0 saturated carbocycles. The van der Waals surface area contributed by atoms with Gasteiger partial charge in [0.1, 0.15) is 0 Å². The third-order valence-electron chi connectivity index (χ3n) is 3.62. The van der Waals surface area contributed by atoms with Crippen molar-refractivity contribution in [1.29, 1.82) is 0 Å². The van der Waals surface area contributed by atoms with E-state index in [2.05, 4.69) is 4.98 Å². The standard InChI is InChI=1S/C14H18N2O3S2/c1-14(2)6-5-10(19-14)8-21(17,18)13-16-11-4-3-9(15)7-12(11)20-13/h3-4,7,10H,5-6,8,15H2,1-2H3. The summed E-state index contributed by atoms with van der Waals surface area (Å²) in [7, 11) is -3.43. The number of hydrogen-bond acceptors (Lipinski definition) is 6. The quantitative estimate of drug-likeness (QED) is 0.877. The van der Waals surface area contributed by atoms with Gasteiger partial charge in [0.15, 0.2) is 0 Å². The van der Waals surface area contributed by atoms with Crippen molar-refractivity contribution in [1.82, 2.24) is 4.98 Å². The van der Waals surface area contributed by atoms with Crippen LogP contribution in [-0.2, 0) is 14.6 Å². The summed E-state index contributed by atoms with van der Waals surface area (Å²) in [5.74, 6) is -0.00820. The largest absolute Gasteiger partial charge is 0.399 e. The Kier molecular flexibility index (Phi) is 3.46. The lowest BCUT2D eigenvalue weighted by molar-refractivity contribution is -0.00527. The summed E-state index contributed by atoms with van der Waals surface area (Å²) in [5, 5.41) is 0. The lowest BCUT2D eigenvalue weighted by atomic mass is 10.1. The molecule has 1 aliphatic rings. The maximum atomic E-state index is 12.5. The molecule has 21 heavy (non-hydrogen) atoms. The number of thiazole rings is 1. The van der Waals surface area contributed by atoms with Crippen molar-refractivity contribution in [2.45, 2.75) is 42.7 Å². The number of aromatic nitrogens is 1. The Morgan fingerprint density at radius 2 is 2.24 bits per heavy atom. The van der Waals surface area contributed by atoms with Gasteiger partial charge in [0.05, 0.1) is 27.7 Å². The van der Waals surface area contributed by atoms with Crippen LogP contribution in [0.1, 0.15) is 26.7 Å². The first-order valence-electron chi connectivity index (χ1n) is 6.82. The van der Waals surface area contributed by atoms with E-state index in [1.807, 2.05) is 13.8 Å². The number of anilines is 1. The Bertz CT molecular complexity index is 781. The van der Waals surface area contributed by atoms with Crippen LogP contribution in [0.2, 0.25) is 0 Å². The van der Waals surface area contributed by atoms with Gasteiger partial charge in [0, 0.05) is 5.69 Å². The van der Waals surface area contributed by atoms with E-state index in [4.69, 9.17) is 10.5 Å². The van der Waals surface area contributed by atoms with Crippen LogP contribution in [0.4, 0.5) is 5.69 Å². The van der Waals surface area contributed by atoms with Crippen molar-refractivity contribution in [2.75, 3.05) is 11.5 Å². The van der Waals surface area contributed by atoms with Gasteiger partial charge in [0.2, 0.25) is 14.2 Å². The molecule has 0 amide bonds. The minimum absolute atomic E-state index is 0.00820. The zero-order chi connectivity index (χ0) is 15.3. The van der Waals surface area contributed by atoms with E-state index in [1.54, 1.807) is 18.2 Å². The number of sulfone groups is 1. The fourth-order valence-electron chi connectivity index (χ4n) is 2.56. The predicted molar refractivity (Wildman–Crippen MR) is 84.3 cm³/mol. The number of nitrogens with zero attached hydrogens (tertiary/aromatic N) is 1. The van der Waals surface area contributed by atoms with Crippen LogP contribution in [0.15, 0.2) is 22.5 Å². The second-order valence-electron chi connectivity index (χ2n) is 6.03. The Morgan fingerprint density at radius 1 is 1.48 bits per heavy atom. The molecule has 1 unspecified atom stereocenters. The van der Waals surface area contributed by atoms with Crippen LogP contribution in [0.25, 0.3) is 10.2 Å². The molecule has 0 bridgehead atoms. The molecule has 2 heterocycles. The molecular formula is C14H18N2O3S2. The molecular weight excluding hydrogens is 308 g/mol. The van der Waals surface area contributed by atoms with E-state index in [0.717, 1.165) is 17.5 Å². The molecule has 1 fully saturated rings. The van der Waals surface area contributed by atoms with Gasteiger partial charge in [-0.3, -0.25) is 0 Å². The second-order valence-corrected chi connectivity index (χ2v) is 9.27. The van der Waals surface area contributed by atoms with Gasteiger partial charge in [-0.2, -0.15) is 0 Å². The van der Waals surface area contributed by atoms with E-state index < -0.39 is 9.84 Å². The van der Waals surface area contributed by atoms with Crippen LogP contribution in [0, 0.1) is 0 Å². The fraction of sp³-hybridized carbons (Fsp3) is 0.500. The van der Waals surface area contributed by atoms with E-state index in [9.17, 15) is 8.42 Å². The molecule has 5 nitrogen and oxygen atoms in total. The van der Waals surface area contributed by atoms with Gasteiger partial charge >= 0.3 is 0 Å². The lowest BCUT2D eigenvalue weighted by Crippen LogP contribution is -2.25. The van der Waals surface area contributed by atoms with Gasteiger partial charge in [-0.1, -0.05) is 0 Å². The Morgan fingerprint density at radius 3 is 2.90 bits per heavy atom. The minimum Gasteiger partial charge on any atom is -0.399 e. The van der Waals surface area contributed by atoms with Crippen LogP contribution < -0.4 is 5.73 Å². The minimum atomic E-state index is -3.43. The highest BCUT2D eigenvalue weighted by Gasteiger charge is 2.35. The smallest absolute Gasteiger partial charge is 0.210 e. The average Bonchev–Trinajstić information content (AvgIpc) is 2.92. The lowest BCUT2D eigenvalue weighted by Gasteiger charge is -2.18. The zero-order valence-corrected chi connectivity index (χ0v) is 13.6. The van der Waals surface area contributed by atoms with Crippen molar-refractivity contribution < 1.29 is 13.2 Å². The van der Waals surface area contributed by atoms with E-state index >= 15 is 0 Å². The molecule has 1 atom stereocenters. The number of nitrogen functional groups attached to an aromatic ring is 1. The number of fused-ring (bicyclic) bond motifs is 1. The van der Waals surface area contributed by atoms with Gasteiger partial charge in [-0.15, -0.1) is 11.3 Å². The SMILES string of the molecule is CC1(C)CCC(CS(=O)(=O)c2nc3ccc(N)cc3s2)O1. The highest BCUT2D eigenvalue weighted by atomic mass is 32.2. The molecule has 0 spiro atoms. The van der Waals surface area contributed by atoms with E-state index in [0.29, 0.717) is 11.2 Å². The molecule has 2 N–H and O–H groups in total. The molecule has 1 aliphatic heterocycles. The molecule has 2 aromatic rings. The first kappa shape index (κ1) is 14.7. The van der Waals surface area contributed by atoms with Crippen LogP contribution >= 0.6 is 11.3 Å². The molecule has 1 aromatic heterocycles. The van der Waals surface area contributed by atoms with Crippen LogP contribution in [-0.4, -0.2) is 30.9 Å². The number of hydrogen-bond donors (Lipinski definition) is 1. The number of ether oxygens (including phenoxy) is 1. The number of benzene rings is 1. The summed E-state index contributed by atoms with van der Waals surface area (Å²) in [5.41, 5.74) is 6.75. The maximum Gasteiger partial charge on any atom is 0.210 e.